The number of carbonyl (C=O) groups is 1. The molecule has 0 aromatic rings. The molecule has 0 N–H and O–H groups in total. The standard InChI is InChI=1S/C12H20N2O3/c1-9-6-10(7-13-16-5)14(8-9)11(15)17-12(2,3)4/h7,10H,1,6,8H2,2-5H3/b13-7+/t10-/m0/s1. The summed E-state index contributed by atoms with van der Waals surface area (Å²) in [7, 11) is 1.47. The number of hydrogen-bond donors (Lipinski definition) is 0. The highest BCUT2D eigenvalue weighted by Gasteiger charge is 2.33. The van der Waals surface area contributed by atoms with Gasteiger partial charge < -0.3 is 9.57 Å². The summed E-state index contributed by atoms with van der Waals surface area (Å²) in [4.78, 5) is 18.2. The van der Waals surface area contributed by atoms with Crippen LogP contribution < -0.4 is 0 Å². The van der Waals surface area contributed by atoms with E-state index in [9.17, 15) is 4.79 Å². The van der Waals surface area contributed by atoms with Crippen LogP contribution in [0.3, 0.4) is 0 Å². The second kappa shape index (κ2) is 5.21. The highest BCUT2D eigenvalue weighted by Crippen LogP contribution is 2.22. The zero-order valence-corrected chi connectivity index (χ0v) is 10.9. The van der Waals surface area contributed by atoms with E-state index < -0.39 is 5.60 Å². The molecule has 96 valence electrons. The minimum atomic E-state index is -0.496. The van der Waals surface area contributed by atoms with Crippen LogP contribution in [0.15, 0.2) is 17.3 Å². The monoisotopic (exact) mass is 240 g/mol. The normalized spacial score (nSPS) is 21.1. The van der Waals surface area contributed by atoms with Crippen LogP contribution >= 0.6 is 0 Å². The van der Waals surface area contributed by atoms with Gasteiger partial charge in [0.2, 0.25) is 0 Å². The third-order valence-corrected chi connectivity index (χ3v) is 2.26. The van der Waals surface area contributed by atoms with Crippen molar-refractivity contribution in [3.63, 3.8) is 0 Å². The van der Waals surface area contributed by atoms with Crippen LogP contribution in [0, 0.1) is 0 Å². The van der Waals surface area contributed by atoms with Crippen molar-refractivity contribution in [3.8, 4) is 0 Å². The van der Waals surface area contributed by atoms with Crippen LogP contribution in [0.1, 0.15) is 27.2 Å². The maximum Gasteiger partial charge on any atom is 0.411 e. The molecular formula is C12H20N2O3. The first-order valence-corrected chi connectivity index (χ1v) is 5.56. The Bertz CT molecular complexity index is 331. The fourth-order valence-electron chi connectivity index (χ4n) is 1.61. The zero-order chi connectivity index (χ0) is 13.1. The second-order valence-electron chi connectivity index (χ2n) is 5.07. The predicted octanol–water partition coefficient (Wildman–Crippen LogP) is 2.18. The summed E-state index contributed by atoms with van der Waals surface area (Å²) in [5.41, 5.74) is 0.493. The summed E-state index contributed by atoms with van der Waals surface area (Å²) in [5, 5.41) is 3.70. The van der Waals surface area contributed by atoms with Gasteiger partial charge in [0.1, 0.15) is 12.7 Å². The molecule has 17 heavy (non-hydrogen) atoms. The van der Waals surface area contributed by atoms with Crippen LogP contribution in [-0.4, -0.2) is 42.5 Å². The number of hydrogen-bond acceptors (Lipinski definition) is 4. The first-order chi connectivity index (χ1) is 7.83. The van der Waals surface area contributed by atoms with Gasteiger partial charge in [-0.15, -0.1) is 0 Å². The smallest absolute Gasteiger partial charge is 0.411 e. The fraction of sp³-hybridized carbons (Fsp3) is 0.667. The van der Waals surface area contributed by atoms with Crippen molar-refractivity contribution in [1.82, 2.24) is 4.90 Å². The number of amides is 1. The number of oxime groups is 1. The fourth-order valence-corrected chi connectivity index (χ4v) is 1.61. The molecule has 1 fully saturated rings. The molecule has 0 aromatic carbocycles. The van der Waals surface area contributed by atoms with E-state index in [2.05, 4.69) is 16.6 Å². The Kier molecular flexibility index (Phi) is 4.15. The molecule has 5 heteroatoms. The van der Waals surface area contributed by atoms with Crippen molar-refractivity contribution >= 4 is 12.3 Å². The van der Waals surface area contributed by atoms with Crippen molar-refractivity contribution in [2.75, 3.05) is 13.7 Å². The number of rotatable bonds is 2. The highest BCUT2D eigenvalue weighted by atomic mass is 16.6. The first kappa shape index (κ1) is 13.5. The van der Waals surface area contributed by atoms with Crippen molar-refractivity contribution in [1.29, 1.82) is 0 Å². The molecule has 0 spiro atoms. The number of carbonyl (C=O) groups excluding carboxylic acids is 1. The van der Waals surface area contributed by atoms with Gasteiger partial charge in [0.15, 0.2) is 0 Å². The lowest BCUT2D eigenvalue weighted by Gasteiger charge is -2.26. The Morgan fingerprint density at radius 3 is 2.76 bits per heavy atom. The number of ether oxygens (including phenoxy) is 1. The maximum absolute atomic E-state index is 11.9. The van der Waals surface area contributed by atoms with Crippen molar-refractivity contribution < 1.29 is 14.4 Å². The SMILES string of the molecule is C=C1C[C@@H](/C=N/OC)N(C(=O)OC(C)(C)C)C1. The molecule has 1 rings (SSSR count). The number of likely N-dealkylation sites (tertiary alicyclic amines) is 1. The Morgan fingerprint density at radius 1 is 1.59 bits per heavy atom. The third kappa shape index (κ3) is 4.09. The second-order valence-corrected chi connectivity index (χ2v) is 5.07. The predicted molar refractivity (Wildman–Crippen MR) is 66.0 cm³/mol. The van der Waals surface area contributed by atoms with E-state index in [0.717, 1.165) is 5.57 Å². The van der Waals surface area contributed by atoms with Crippen LogP contribution in [0.25, 0.3) is 0 Å². The molecule has 1 aliphatic rings. The molecule has 0 aliphatic carbocycles. The molecule has 0 bridgehead atoms. The van der Waals surface area contributed by atoms with Gasteiger partial charge in [-0.05, 0) is 27.2 Å². The van der Waals surface area contributed by atoms with E-state index in [1.165, 1.54) is 7.11 Å². The van der Waals surface area contributed by atoms with Gasteiger partial charge in [0.05, 0.1) is 12.3 Å². The summed E-state index contributed by atoms with van der Waals surface area (Å²) in [6.45, 7) is 9.92. The Balaban J connectivity index is 2.70. The molecule has 0 aromatic heterocycles. The lowest BCUT2D eigenvalue weighted by atomic mass is 10.2. The van der Waals surface area contributed by atoms with Gasteiger partial charge in [-0.25, -0.2) is 4.79 Å². The highest BCUT2D eigenvalue weighted by molar-refractivity contribution is 5.77. The van der Waals surface area contributed by atoms with Crippen molar-refractivity contribution in [2.45, 2.75) is 38.8 Å². The van der Waals surface area contributed by atoms with E-state index in [4.69, 9.17) is 4.74 Å². The molecule has 1 heterocycles. The van der Waals surface area contributed by atoms with E-state index in [1.54, 1.807) is 11.1 Å². The van der Waals surface area contributed by atoms with Crippen LogP contribution in [-0.2, 0) is 9.57 Å². The lowest BCUT2D eigenvalue weighted by Crippen LogP contribution is -2.40. The molecule has 1 atom stereocenters. The average molecular weight is 240 g/mol. The van der Waals surface area contributed by atoms with E-state index in [0.29, 0.717) is 13.0 Å². The Morgan fingerprint density at radius 2 is 2.24 bits per heavy atom. The Labute approximate surface area is 102 Å². The lowest BCUT2D eigenvalue weighted by molar-refractivity contribution is 0.0271. The van der Waals surface area contributed by atoms with E-state index >= 15 is 0 Å². The van der Waals surface area contributed by atoms with Crippen LogP contribution in [0.5, 0.6) is 0 Å². The number of nitrogens with zero attached hydrogens (tertiary/aromatic N) is 2. The van der Waals surface area contributed by atoms with Crippen LogP contribution in [0.2, 0.25) is 0 Å². The summed E-state index contributed by atoms with van der Waals surface area (Å²) < 4.78 is 5.32. The maximum atomic E-state index is 11.9. The molecule has 0 radical (unpaired) electrons. The first-order valence-electron chi connectivity index (χ1n) is 5.56. The molecule has 1 aliphatic heterocycles. The molecule has 0 unspecified atom stereocenters. The largest absolute Gasteiger partial charge is 0.444 e. The third-order valence-electron chi connectivity index (χ3n) is 2.26. The van der Waals surface area contributed by atoms with Crippen molar-refractivity contribution in [2.24, 2.45) is 5.16 Å². The Hall–Kier alpha value is -1.52. The topological polar surface area (TPSA) is 51.1 Å². The van der Waals surface area contributed by atoms with E-state index in [-0.39, 0.29) is 12.1 Å². The van der Waals surface area contributed by atoms with Gasteiger partial charge in [-0.3, -0.25) is 4.90 Å². The summed E-state index contributed by atoms with van der Waals surface area (Å²) in [6, 6.07) is -0.128. The molecular weight excluding hydrogens is 220 g/mol. The summed E-state index contributed by atoms with van der Waals surface area (Å²) in [6.07, 6.45) is 1.96. The van der Waals surface area contributed by atoms with E-state index in [1.807, 2.05) is 20.8 Å². The minimum Gasteiger partial charge on any atom is -0.444 e. The van der Waals surface area contributed by atoms with Crippen molar-refractivity contribution in [3.05, 3.63) is 12.2 Å². The van der Waals surface area contributed by atoms with Gasteiger partial charge >= 0.3 is 6.09 Å². The minimum absolute atomic E-state index is 0.128. The molecule has 5 nitrogen and oxygen atoms in total. The molecule has 1 amide bonds. The average Bonchev–Trinajstić information content (AvgIpc) is 2.54. The summed E-state index contributed by atoms with van der Waals surface area (Å²) in [5.74, 6) is 0. The zero-order valence-electron chi connectivity index (χ0n) is 10.9. The molecule has 0 saturated carbocycles. The van der Waals surface area contributed by atoms with Gasteiger partial charge in [0, 0.05) is 6.54 Å². The van der Waals surface area contributed by atoms with Crippen LogP contribution in [0.4, 0.5) is 4.79 Å². The van der Waals surface area contributed by atoms with Gasteiger partial charge in [-0.2, -0.15) is 0 Å². The summed E-state index contributed by atoms with van der Waals surface area (Å²) >= 11 is 0. The molecule has 1 saturated heterocycles. The van der Waals surface area contributed by atoms with Gasteiger partial charge in [-0.1, -0.05) is 17.3 Å². The quantitative estimate of drug-likeness (QED) is 0.422. The van der Waals surface area contributed by atoms with Gasteiger partial charge in [0.25, 0.3) is 0 Å².